The van der Waals surface area contributed by atoms with Crippen molar-refractivity contribution < 1.29 is 14.4 Å². The summed E-state index contributed by atoms with van der Waals surface area (Å²) >= 11 is 6.25. The molecule has 0 spiro atoms. The van der Waals surface area contributed by atoms with Gasteiger partial charge in [-0.05, 0) is 48.9 Å². The largest absolute Gasteiger partial charge is 0.350 e. The summed E-state index contributed by atoms with van der Waals surface area (Å²) in [6, 6.07) is 15.3. The Morgan fingerprint density at radius 3 is 2.43 bits per heavy atom. The normalized spacial score (nSPS) is 18.9. The third kappa shape index (κ3) is 4.85. The number of rotatable bonds is 8. The van der Waals surface area contributed by atoms with E-state index in [0.717, 1.165) is 30.4 Å². The zero-order valence-corrected chi connectivity index (χ0v) is 21.7. The van der Waals surface area contributed by atoms with Crippen LogP contribution >= 0.6 is 11.6 Å². The van der Waals surface area contributed by atoms with Crippen molar-refractivity contribution in [2.45, 2.75) is 64.3 Å². The molecule has 2 heterocycles. The van der Waals surface area contributed by atoms with Gasteiger partial charge in [0.05, 0.1) is 12.9 Å². The molecule has 0 unspecified atom stereocenters. The summed E-state index contributed by atoms with van der Waals surface area (Å²) < 4.78 is 1.63. The van der Waals surface area contributed by atoms with Gasteiger partial charge in [0.15, 0.2) is 5.69 Å². The Labute approximate surface area is 221 Å². The lowest BCUT2D eigenvalue weighted by Crippen LogP contribution is -2.64. The van der Waals surface area contributed by atoms with E-state index in [1.54, 1.807) is 22.5 Å². The van der Waals surface area contributed by atoms with Crippen molar-refractivity contribution in [1.29, 1.82) is 0 Å². The predicted octanol–water partition coefficient (Wildman–Crippen LogP) is 3.72. The maximum Gasteiger partial charge on any atom is 0.274 e. The first kappa shape index (κ1) is 25.0. The Hall–Kier alpha value is -3.65. The van der Waals surface area contributed by atoms with Crippen LogP contribution in [0.2, 0.25) is 5.02 Å². The van der Waals surface area contributed by atoms with E-state index in [2.05, 4.69) is 22.5 Å². The lowest BCUT2D eigenvalue weighted by molar-refractivity contribution is -0.133. The summed E-state index contributed by atoms with van der Waals surface area (Å²) in [6.45, 7) is 4.65. The van der Waals surface area contributed by atoms with E-state index in [4.69, 9.17) is 11.6 Å². The van der Waals surface area contributed by atoms with Crippen LogP contribution in [0.4, 0.5) is 0 Å². The van der Waals surface area contributed by atoms with E-state index in [9.17, 15) is 14.4 Å². The predicted molar refractivity (Wildman–Crippen MR) is 140 cm³/mol. The Morgan fingerprint density at radius 1 is 1.05 bits per heavy atom. The summed E-state index contributed by atoms with van der Waals surface area (Å²) in [5.74, 6) is -1.03. The van der Waals surface area contributed by atoms with Gasteiger partial charge in [0.25, 0.3) is 11.8 Å². The second-order valence-corrected chi connectivity index (χ2v) is 10.3. The Morgan fingerprint density at radius 2 is 1.76 bits per heavy atom. The molecule has 0 saturated heterocycles. The van der Waals surface area contributed by atoms with Gasteiger partial charge in [0.2, 0.25) is 5.91 Å². The smallest absolute Gasteiger partial charge is 0.274 e. The van der Waals surface area contributed by atoms with E-state index >= 15 is 0 Å². The van der Waals surface area contributed by atoms with Gasteiger partial charge in [0, 0.05) is 24.2 Å². The Balaban J connectivity index is 1.34. The number of aryl methyl sites for hydroxylation is 1. The number of benzene rings is 2. The van der Waals surface area contributed by atoms with Gasteiger partial charge in [-0.15, -0.1) is 0 Å². The highest BCUT2D eigenvalue weighted by Gasteiger charge is 2.53. The van der Waals surface area contributed by atoms with Gasteiger partial charge in [-0.1, -0.05) is 61.0 Å². The third-order valence-electron chi connectivity index (χ3n) is 7.17. The number of aromatic nitrogens is 2. The maximum atomic E-state index is 13.8. The average molecular weight is 520 g/mol. The first-order chi connectivity index (χ1) is 17.8. The van der Waals surface area contributed by atoms with Gasteiger partial charge >= 0.3 is 0 Å². The topological polar surface area (TPSA) is 96.3 Å². The van der Waals surface area contributed by atoms with Crippen LogP contribution in [0.1, 0.15) is 64.4 Å². The molecule has 2 aliphatic rings. The highest BCUT2D eigenvalue weighted by molar-refractivity contribution is 6.31. The molecule has 5 rings (SSSR count). The molecule has 1 atom stereocenters. The maximum absolute atomic E-state index is 13.8. The highest BCUT2D eigenvalue weighted by atomic mass is 35.5. The SMILES string of the molecule is CCc1ccc(CNC(=O)c2ncn3c2C(=O)N(C2CC2)[C@](C)(C(=O)NCc2ccccc2Cl)C3)cc1. The number of imidazole rings is 1. The number of carbonyl (C=O) groups is 3. The molecule has 2 N–H and O–H groups in total. The van der Waals surface area contributed by atoms with E-state index in [0.29, 0.717) is 11.6 Å². The number of halogens is 1. The van der Waals surface area contributed by atoms with Gasteiger partial charge in [0.1, 0.15) is 11.2 Å². The van der Waals surface area contributed by atoms with Crippen LogP contribution < -0.4 is 10.6 Å². The van der Waals surface area contributed by atoms with Crippen LogP contribution in [-0.4, -0.2) is 43.8 Å². The van der Waals surface area contributed by atoms with Gasteiger partial charge in [-0.2, -0.15) is 0 Å². The minimum absolute atomic E-state index is 0.0415. The summed E-state index contributed by atoms with van der Waals surface area (Å²) in [5, 5.41) is 6.41. The second-order valence-electron chi connectivity index (χ2n) is 9.88. The summed E-state index contributed by atoms with van der Waals surface area (Å²) in [7, 11) is 0. The molecule has 1 aliphatic heterocycles. The molecular weight excluding hydrogens is 490 g/mol. The molecule has 1 saturated carbocycles. The number of hydrogen-bond acceptors (Lipinski definition) is 4. The lowest BCUT2D eigenvalue weighted by atomic mass is 9.93. The fraction of sp³-hybridized carbons (Fsp3) is 0.357. The van der Waals surface area contributed by atoms with Crippen LogP contribution in [0.3, 0.4) is 0 Å². The third-order valence-corrected chi connectivity index (χ3v) is 7.54. The fourth-order valence-corrected chi connectivity index (χ4v) is 5.09. The van der Waals surface area contributed by atoms with E-state index in [-0.39, 0.29) is 42.3 Å². The molecule has 3 aromatic rings. The van der Waals surface area contributed by atoms with Crippen LogP contribution in [0.5, 0.6) is 0 Å². The minimum atomic E-state index is -1.12. The number of nitrogens with one attached hydrogen (secondary N) is 2. The zero-order chi connectivity index (χ0) is 26.2. The summed E-state index contributed by atoms with van der Waals surface area (Å²) in [4.78, 5) is 46.2. The molecule has 1 aliphatic carbocycles. The Kier molecular flexibility index (Phi) is 6.77. The van der Waals surface area contributed by atoms with Crippen molar-refractivity contribution in [1.82, 2.24) is 25.1 Å². The van der Waals surface area contributed by atoms with Crippen molar-refractivity contribution in [2.24, 2.45) is 0 Å². The summed E-state index contributed by atoms with van der Waals surface area (Å²) in [5.41, 5.74) is 2.17. The summed E-state index contributed by atoms with van der Waals surface area (Å²) in [6.07, 6.45) is 4.07. The van der Waals surface area contributed by atoms with Gasteiger partial charge < -0.3 is 20.1 Å². The molecule has 1 fully saturated rings. The molecule has 8 nitrogen and oxygen atoms in total. The van der Waals surface area contributed by atoms with Gasteiger partial charge in [-0.3, -0.25) is 14.4 Å². The van der Waals surface area contributed by atoms with Crippen LogP contribution in [-0.2, 0) is 30.8 Å². The lowest BCUT2D eigenvalue weighted by Gasteiger charge is -2.44. The highest BCUT2D eigenvalue weighted by Crippen LogP contribution is 2.39. The van der Waals surface area contributed by atoms with Crippen molar-refractivity contribution >= 4 is 29.3 Å². The molecule has 0 bridgehead atoms. The second kappa shape index (κ2) is 10.0. The van der Waals surface area contributed by atoms with Crippen LogP contribution in [0.15, 0.2) is 54.9 Å². The molecule has 9 heteroatoms. The van der Waals surface area contributed by atoms with Gasteiger partial charge in [-0.25, -0.2) is 4.98 Å². The Bertz CT molecular complexity index is 1350. The van der Waals surface area contributed by atoms with Crippen LogP contribution in [0, 0.1) is 0 Å². The molecule has 2 aromatic carbocycles. The minimum Gasteiger partial charge on any atom is -0.350 e. The van der Waals surface area contributed by atoms with E-state index in [1.165, 1.54) is 11.9 Å². The monoisotopic (exact) mass is 519 g/mol. The number of fused-ring (bicyclic) bond motifs is 1. The number of carbonyl (C=O) groups excluding carboxylic acids is 3. The number of amides is 3. The van der Waals surface area contributed by atoms with Crippen molar-refractivity contribution in [3.05, 3.63) is 88.0 Å². The van der Waals surface area contributed by atoms with Crippen molar-refractivity contribution in [3.8, 4) is 0 Å². The zero-order valence-electron chi connectivity index (χ0n) is 21.0. The number of hydrogen-bond donors (Lipinski definition) is 2. The van der Waals surface area contributed by atoms with Crippen LogP contribution in [0.25, 0.3) is 0 Å². The molecule has 3 amide bonds. The van der Waals surface area contributed by atoms with E-state index < -0.39 is 11.4 Å². The molecular formula is C28H30ClN5O3. The first-order valence-electron chi connectivity index (χ1n) is 12.6. The van der Waals surface area contributed by atoms with Crippen molar-refractivity contribution in [2.75, 3.05) is 0 Å². The van der Waals surface area contributed by atoms with E-state index in [1.807, 2.05) is 42.5 Å². The molecule has 192 valence electrons. The first-order valence-corrected chi connectivity index (χ1v) is 13.0. The molecule has 37 heavy (non-hydrogen) atoms. The quantitative estimate of drug-likeness (QED) is 0.474. The fourth-order valence-electron chi connectivity index (χ4n) is 4.89. The van der Waals surface area contributed by atoms with Crippen molar-refractivity contribution in [3.63, 3.8) is 0 Å². The standard InChI is InChI=1S/C28H30ClN5O3/c1-3-18-8-10-19(11-9-18)14-30-25(35)23-24-26(36)34(21-12-13-21)28(2,16-33(24)17-32-23)27(37)31-15-20-6-4-5-7-22(20)29/h4-11,17,21H,3,12-16H2,1-2H3,(H,30,35)(H,31,37)/t28-/m0/s1. The molecule has 0 radical (unpaired) electrons. The number of nitrogens with zero attached hydrogens (tertiary/aromatic N) is 3. The molecule has 1 aromatic heterocycles. The average Bonchev–Trinajstić information content (AvgIpc) is 3.64.